The molecule has 7 heteroatoms. The van der Waals surface area contributed by atoms with Gasteiger partial charge in [-0.05, 0) is 19.4 Å². The number of carbonyl (C=O) groups excluding carboxylic acids is 1. The average molecular weight is 280 g/mol. The lowest BCUT2D eigenvalue weighted by molar-refractivity contribution is -0.143. The Bertz CT molecular complexity index is 466. The zero-order valence-corrected chi connectivity index (χ0v) is 11.5. The van der Waals surface area contributed by atoms with E-state index in [1.54, 1.807) is 6.20 Å². The molecule has 2 atom stereocenters. The van der Waals surface area contributed by atoms with E-state index in [0.29, 0.717) is 18.7 Å². The summed E-state index contributed by atoms with van der Waals surface area (Å²) in [6.45, 7) is 3.35. The van der Waals surface area contributed by atoms with E-state index in [1.165, 1.54) is 6.33 Å². The molecule has 0 radical (unpaired) electrons. The highest BCUT2D eigenvalue weighted by atomic mass is 16.4. The van der Waals surface area contributed by atoms with Gasteiger partial charge in [-0.15, -0.1) is 0 Å². The summed E-state index contributed by atoms with van der Waals surface area (Å²) in [5.74, 6) is -1.22. The van der Waals surface area contributed by atoms with Crippen LogP contribution in [0.2, 0.25) is 0 Å². The van der Waals surface area contributed by atoms with Gasteiger partial charge in [0, 0.05) is 24.9 Å². The predicted octanol–water partition coefficient (Wildman–Crippen LogP) is -0.0887. The molecule has 0 aliphatic carbocycles. The van der Waals surface area contributed by atoms with E-state index >= 15 is 0 Å². The molecule has 2 rings (SSSR count). The van der Waals surface area contributed by atoms with Gasteiger partial charge in [0.2, 0.25) is 5.91 Å². The Morgan fingerprint density at radius 1 is 1.60 bits per heavy atom. The van der Waals surface area contributed by atoms with Crippen molar-refractivity contribution in [3.8, 4) is 0 Å². The maximum Gasteiger partial charge on any atom is 0.326 e. The number of nitrogens with one attached hydrogen (secondary N) is 3. The van der Waals surface area contributed by atoms with Gasteiger partial charge in [0.05, 0.1) is 11.7 Å². The summed E-state index contributed by atoms with van der Waals surface area (Å²) in [5, 5.41) is 15.1. The van der Waals surface area contributed by atoms with E-state index in [4.69, 9.17) is 0 Å². The van der Waals surface area contributed by atoms with Crippen molar-refractivity contribution in [2.45, 2.75) is 32.2 Å². The number of H-pyrrole nitrogens is 1. The number of aromatic nitrogens is 2. The van der Waals surface area contributed by atoms with Crippen molar-refractivity contribution in [2.24, 2.45) is 5.41 Å². The van der Waals surface area contributed by atoms with Crippen LogP contribution < -0.4 is 10.6 Å². The number of aromatic amines is 1. The van der Waals surface area contributed by atoms with E-state index in [9.17, 15) is 14.7 Å². The van der Waals surface area contributed by atoms with Gasteiger partial charge in [-0.1, -0.05) is 6.92 Å². The third-order valence-electron chi connectivity index (χ3n) is 3.98. The van der Waals surface area contributed by atoms with Crippen LogP contribution in [-0.4, -0.2) is 46.1 Å². The largest absolute Gasteiger partial charge is 0.480 e. The maximum absolute atomic E-state index is 12.4. The van der Waals surface area contributed by atoms with E-state index in [0.717, 1.165) is 13.0 Å². The molecule has 1 amide bonds. The van der Waals surface area contributed by atoms with Gasteiger partial charge >= 0.3 is 5.97 Å². The summed E-state index contributed by atoms with van der Waals surface area (Å²) >= 11 is 0. The summed E-state index contributed by atoms with van der Waals surface area (Å²) in [6.07, 6.45) is 4.70. The number of hydrogen-bond donors (Lipinski definition) is 4. The van der Waals surface area contributed by atoms with Crippen molar-refractivity contribution in [3.05, 3.63) is 18.2 Å². The van der Waals surface area contributed by atoms with Crippen LogP contribution in [0, 0.1) is 5.41 Å². The monoisotopic (exact) mass is 280 g/mol. The highest BCUT2D eigenvalue weighted by Gasteiger charge is 2.40. The van der Waals surface area contributed by atoms with Gasteiger partial charge in [-0.3, -0.25) is 4.79 Å². The molecule has 1 unspecified atom stereocenters. The SMILES string of the molecule is CCC1(C(=O)N[C@@H](Cc2cnc[nH]2)C(=O)O)CCNC1. The first kappa shape index (κ1) is 14.5. The second-order valence-electron chi connectivity index (χ2n) is 5.21. The lowest BCUT2D eigenvalue weighted by Crippen LogP contribution is -2.50. The highest BCUT2D eigenvalue weighted by molar-refractivity contribution is 5.88. The summed E-state index contributed by atoms with van der Waals surface area (Å²) in [7, 11) is 0. The third kappa shape index (κ3) is 2.98. The van der Waals surface area contributed by atoms with Crippen LogP contribution in [0.4, 0.5) is 0 Å². The van der Waals surface area contributed by atoms with Gasteiger partial charge in [0.15, 0.2) is 0 Å². The van der Waals surface area contributed by atoms with Gasteiger partial charge in [0.25, 0.3) is 0 Å². The second kappa shape index (κ2) is 6.04. The number of imidazole rings is 1. The van der Waals surface area contributed by atoms with Crippen LogP contribution in [0.25, 0.3) is 0 Å². The minimum absolute atomic E-state index is 0.183. The molecule has 1 saturated heterocycles. The third-order valence-corrected chi connectivity index (χ3v) is 3.98. The quantitative estimate of drug-likeness (QED) is 0.582. The van der Waals surface area contributed by atoms with Gasteiger partial charge in [-0.25, -0.2) is 9.78 Å². The lowest BCUT2D eigenvalue weighted by atomic mass is 9.83. The number of aliphatic carboxylic acids is 1. The molecule has 2 heterocycles. The first-order valence-corrected chi connectivity index (χ1v) is 6.79. The molecule has 0 saturated carbocycles. The number of amides is 1. The minimum Gasteiger partial charge on any atom is -0.480 e. The van der Waals surface area contributed by atoms with Gasteiger partial charge < -0.3 is 20.7 Å². The van der Waals surface area contributed by atoms with E-state index < -0.39 is 17.4 Å². The van der Waals surface area contributed by atoms with E-state index in [1.807, 2.05) is 6.92 Å². The van der Waals surface area contributed by atoms with Crippen LogP contribution >= 0.6 is 0 Å². The predicted molar refractivity (Wildman–Crippen MR) is 72.1 cm³/mol. The summed E-state index contributed by atoms with van der Waals surface area (Å²) < 4.78 is 0. The molecule has 1 fully saturated rings. The van der Waals surface area contributed by atoms with Crippen LogP contribution in [0.3, 0.4) is 0 Å². The molecular weight excluding hydrogens is 260 g/mol. The van der Waals surface area contributed by atoms with Crippen LogP contribution in [0.5, 0.6) is 0 Å². The fourth-order valence-electron chi connectivity index (χ4n) is 2.53. The zero-order chi connectivity index (χ0) is 14.6. The smallest absolute Gasteiger partial charge is 0.326 e. The molecule has 0 bridgehead atoms. The summed E-state index contributed by atoms with van der Waals surface area (Å²) in [4.78, 5) is 30.4. The lowest BCUT2D eigenvalue weighted by Gasteiger charge is -2.27. The van der Waals surface area contributed by atoms with E-state index in [-0.39, 0.29) is 12.3 Å². The number of carboxylic acids is 1. The first-order chi connectivity index (χ1) is 9.57. The Morgan fingerprint density at radius 3 is 2.90 bits per heavy atom. The molecule has 1 aliphatic rings. The first-order valence-electron chi connectivity index (χ1n) is 6.79. The number of rotatable bonds is 6. The fraction of sp³-hybridized carbons (Fsp3) is 0.615. The van der Waals surface area contributed by atoms with Crippen LogP contribution in [0.15, 0.2) is 12.5 Å². The molecule has 20 heavy (non-hydrogen) atoms. The molecule has 1 aromatic rings. The minimum atomic E-state index is -1.04. The topological polar surface area (TPSA) is 107 Å². The Morgan fingerprint density at radius 2 is 2.40 bits per heavy atom. The number of carbonyl (C=O) groups is 2. The molecule has 7 nitrogen and oxygen atoms in total. The summed E-state index contributed by atoms with van der Waals surface area (Å²) in [5.41, 5.74) is 0.203. The molecule has 110 valence electrons. The molecular formula is C13H20N4O3. The van der Waals surface area contributed by atoms with Crippen molar-refractivity contribution in [3.63, 3.8) is 0 Å². The number of hydrogen-bond acceptors (Lipinski definition) is 4. The number of carboxylic acid groups (broad SMARTS) is 1. The van der Waals surface area contributed by atoms with Crippen molar-refractivity contribution in [1.82, 2.24) is 20.6 Å². The molecule has 0 spiro atoms. The molecule has 4 N–H and O–H groups in total. The Hall–Kier alpha value is -1.89. The normalized spacial score (nSPS) is 23.4. The standard InChI is InChI=1S/C13H20N4O3/c1-2-13(3-4-14-7-13)12(20)17-10(11(18)19)5-9-6-15-8-16-9/h6,8,10,14H,2-5,7H2,1H3,(H,15,16)(H,17,20)(H,18,19)/t10-,13?/m0/s1. The van der Waals surface area contributed by atoms with Crippen molar-refractivity contribution in [1.29, 1.82) is 0 Å². The zero-order valence-electron chi connectivity index (χ0n) is 11.5. The molecule has 0 aromatic carbocycles. The van der Waals surface area contributed by atoms with Crippen LogP contribution in [-0.2, 0) is 16.0 Å². The maximum atomic E-state index is 12.4. The van der Waals surface area contributed by atoms with Gasteiger partial charge in [0.1, 0.15) is 6.04 Å². The van der Waals surface area contributed by atoms with E-state index in [2.05, 4.69) is 20.6 Å². The highest BCUT2D eigenvalue weighted by Crippen LogP contribution is 2.29. The molecule has 1 aromatic heterocycles. The summed E-state index contributed by atoms with van der Waals surface area (Å²) in [6, 6.07) is -0.938. The Balaban J connectivity index is 2.04. The van der Waals surface area contributed by atoms with Crippen molar-refractivity contribution < 1.29 is 14.7 Å². The van der Waals surface area contributed by atoms with Crippen molar-refractivity contribution >= 4 is 11.9 Å². The van der Waals surface area contributed by atoms with Crippen molar-refractivity contribution in [2.75, 3.05) is 13.1 Å². The second-order valence-corrected chi connectivity index (χ2v) is 5.21. The Labute approximate surface area is 117 Å². The fourth-order valence-corrected chi connectivity index (χ4v) is 2.53. The molecule has 1 aliphatic heterocycles. The Kier molecular flexibility index (Phi) is 4.39. The number of nitrogens with zero attached hydrogens (tertiary/aromatic N) is 1. The van der Waals surface area contributed by atoms with Crippen LogP contribution in [0.1, 0.15) is 25.5 Å². The average Bonchev–Trinajstić information content (AvgIpc) is 3.09. The van der Waals surface area contributed by atoms with Gasteiger partial charge in [-0.2, -0.15) is 0 Å².